The number of sulfonamides is 2. The fourth-order valence-electron chi connectivity index (χ4n) is 3.77. The van der Waals surface area contributed by atoms with Crippen molar-refractivity contribution in [1.82, 2.24) is 13.9 Å². The number of nitrogens with one attached hydrogen (secondary N) is 1. The summed E-state index contributed by atoms with van der Waals surface area (Å²) in [4.78, 5) is 12.7. The van der Waals surface area contributed by atoms with Crippen molar-refractivity contribution in [1.29, 1.82) is 0 Å². The number of benzene rings is 3. The van der Waals surface area contributed by atoms with E-state index in [4.69, 9.17) is 4.74 Å². The van der Waals surface area contributed by atoms with Gasteiger partial charge >= 0.3 is 0 Å². The van der Waals surface area contributed by atoms with Crippen LogP contribution in [0.2, 0.25) is 0 Å². The molecule has 11 heteroatoms. The molecule has 0 unspecified atom stereocenters. The Balaban J connectivity index is 1.35. The first kappa shape index (κ1) is 25.3. The van der Waals surface area contributed by atoms with Gasteiger partial charge in [0.05, 0.1) is 29.5 Å². The van der Waals surface area contributed by atoms with E-state index in [0.29, 0.717) is 31.9 Å². The van der Waals surface area contributed by atoms with Gasteiger partial charge in [-0.3, -0.25) is 4.79 Å². The van der Waals surface area contributed by atoms with Crippen molar-refractivity contribution in [2.45, 2.75) is 16.3 Å². The van der Waals surface area contributed by atoms with Crippen molar-refractivity contribution in [2.24, 2.45) is 0 Å². The smallest absolute Gasteiger partial charge is 0.243 e. The van der Waals surface area contributed by atoms with Crippen molar-refractivity contribution >= 4 is 36.7 Å². The summed E-state index contributed by atoms with van der Waals surface area (Å²) in [5, 5.41) is 4.41. The van der Waals surface area contributed by atoms with E-state index in [1.807, 2.05) is 24.3 Å². The van der Waals surface area contributed by atoms with Crippen molar-refractivity contribution in [3.63, 3.8) is 0 Å². The molecule has 35 heavy (non-hydrogen) atoms. The zero-order chi connectivity index (χ0) is 25.1. The third kappa shape index (κ3) is 5.71. The van der Waals surface area contributed by atoms with Gasteiger partial charge in [0.2, 0.25) is 26.0 Å². The molecule has 0 atom stereocenters. The number of amides is 1. The number of fused-ring (bicyclic) bond motifs is 1. The van der Waals surface area contributed by atoms with Gasteiger partial charge in [0.15, 0.2) is 0 Å². The summed E-state index contributed by atoms with van der Waals surface area (Å²) in [5.41, 5.74) is 0.694. The third-order valence-corrected chi connectivity index (χ3v) is 9.53. The van der Waals surface area contributed by atoms with Crippen LogP contribution in [0.3, 0.4) is 0 Å². The van der Waals surface area contributed by atoms with Gasteiger partial charge in [-0.25, -0.2) is 16.8 Å². The number of likely N-dealkylation sites (N-methyl/N-ethyl adjacent to an activating group) is 1. The van der Waals surface area contributed by atoms with E-state index in [0.717, 1.165) is 15.1 Å². The van der Waals surface area contributed by atoms with Crippen LogP contribution in [0.1, 0.15) is 5.56 Å². The van der Waals surface area contributed by atoms with Crippen LogP contribution in [-0.4, -0.2) is 71.2 Å². The second-order valence-electron chi connectivity index (χ2n) is 8.21. The van der Waals surface area contributed by atoms with E-state index in [-0.39, 0.29) is 22.9 Å². The van der Waals surface area contributed by atoms with Gasteiger partial charge in [-0.15, -0.1) is 0 Å². The summed E-state index contributed by atoms with van der Waals surface area (Å²) in [6.07, 6.45) is 0. The van der Waals surface area contributed by atoms with Crippen LogP contribution in [0.25, 0.3) is 10.8 Å². The first-order valence-corrected chi connectivity index (χ1v) is 13.9. The quantitative estimate of drug-likeness (QED) is 0.488. The lowest BCUT2D eigenvalue weighted by molar-refractivity contribution is -0.121. The topological polar surface area (TPSA) is 113 Å². The van der Waals surface area contributed by atoms with Crippen LogP contribution >= 0.6 is 0 Å². The highest BCUT2D eigenvalue weighted by Crippen LogP contribution is 2.21. The molecule has 1 fully saturated rings. The highest BCUT2D eigenvalue weighted by Gasteiger charge is 2.26. The molecule has 1 N–H and O–H groups in total. The summed E-state index contributed by atoms with van der Waals surface area (Å²) in [7, 11) is -6.08. The molecule has 9 nitrogen and oxygen atoms in total. The number of ether oxygens (including phenoxy) is 1. The van der Waals surface area contributed by atoms with Crippen molar-refractivity contribution in [2.75, 3.05) is 39.9 Å². The zero-order valence-electron chi connectivity index (χ0n) is 19.3. The first-order valence-electron chi connectivity index (χ1n) is 11.1. The maximum Gasteiger partial charge on any atom is 0.243 e. The van der Waals surface area contributed by atoms with Gasteiger partial charge in [-0.1, -0.05) is 42.5 Å². The molecule has 4 rings (SSSR count). The normalized spacial score (nSPS) is 15.4. The molecule has 1 saturated heterocycles. The molecular formula is C24H27N3O6S2. The second kappa shape index (κ2) is 10.4. The first-order chi connectivity index (χ1) is 16.7. The molecule has 0 spiro atoms. The van der Waals surface area contributed by atoms with Crippen LogP contribution < -0.4 is 5.32 Å². The molecule has 1 amide bonds. The Hall–Kier alpha value is -2.83. The van der Waals surface area contributed by atoms with Gasteiger partial charge in [0.25, 0.3) is 0 Å². The second-order valence-corrected chi connectivity index (χ2v) is 12.2. The SMILES string of the molecule is CN(CC(=O)NCc1ccc(S(=O)(=O)N2CCOCC2)cc1)S(=O)(=O)c1ccc2ccccc2c1. The molecule has 0 saturated carbocycles. The van der Waals surface area contributed by atoms with Crippen molar-refractivity contribution < 1.29 is 26.4 Å². The molecule has 0 bridgehead atoms. The zero-order valence-corrected chi connectivity index (χ0v) is 20.9. The minimum atomic E-state index is -3.85. The molecule has 1 heterocycles. The standard InChI is InChI=1S/C24H27N3O6S2/c1-26(34(29,30)23-11-8-20-4-2-3-5-21(20)16-23)18-24(28)25-17-19-6-9-22(10-7-19)35(31,32)27-12-14-33-15-13-27/h2-11,16H,12-15,17-18H2,1H3,(H,25,28). The van der Waals surface area contributed by atoms with E-state index >= 15 is 0 Å². The van der Waals surface area contributed by atoms with E-state index in [1.165, 1.54) is 29.6 Å². The molecule has 3 aromatic rings. The summed E-state index contributed by atoms with van der Waals surface area (Å²) < 4.78 is 58.9. The molecule has 0 radical (unpaired) electrons. The van der Waals surface area contributed by atoms with Gasteiger partial charge < -0.3 is 10.1 Å². The molecule has 0 aliphatic carbocycles. The molecule has 1 aliphatic rings. The largest absolute Gasteiger partial charge is 0.379 e. The van der Waals surface area contributed by atoms with Gasteiger partial charge in [-0.05, 0) is 40.6 Å². The Morgan fingerprint density at radius 2 is 1.54 bits per heavy atom. The van der Waals surface area contributed by atoms with E-state index in [2.05, 4.69) is 5.32 Å². The van der Waals surface area contributed by atoms with Crippen molar-refractivity contribution in [3.05, 3.63) is 72.3 Å². The number of nitrogens with zero attached hydrogens (tertiary/aromatic N) is 2. The summed E-state index contributed by atoms with van der Waals surface area (Å²) >= 11 is 0. The lowest BCUT2D eigenvalue weighted by atomic mass is 10.1. The Morgan fingerprint density at radius 3 is 2.23 bits per heavy atom. The Morgan fingerprint density at radius 1 is 0.914 bits per heavy atom. The van der Waals surface area contributed by atoms with E-state index < -0.39 is 26.0 Å². The van der Waals surface area contributed by atoms with Gasteiger partial charge in [-0.2, -0.15) is 8.61 Å². The fourth-order valence-corrected chi connectivity index (χ4v) is 6.34. The Kier molecular flexibility index (Phi) is 7.53. The minimum absolute atomic E-state index is 0.114. The number of hydrogen-bond donors (Lipinski definition) is 1. The Labute approximate surface area is 205 Å². The van der Waals surface area contributed by atoms with Gasteiger partial charge in [0.1, 0.15) is 0 Å². The van der Waals surface area contributed by atoms with Crippen LogP contribution in [-0.2, 0) is 36.1 Å². The average Bonchev–Trinajstić information content (AvgIpc) is 2.88. The molecule has 1 aliphatic heterocycles. The monoisotopic (exact) mass is 517 g/mol. The van der Waals surface area contributed by atoms with Crippen LogP contribution in [0.5, 0.6) is 0 Å². The lowest BCUT2D eigenvalue weighted by Crippen LogP contribution is -2.40. The molecule has 186 valence electrons. The highest BCUT2D eigenvalue weighted by molar-refractivity contribution is 7.89. The summed E-state index contributed by atoms with van der Waals surface area (Å²) in [6, 6.07) is 18.6. The highest BCUT2D eigenvalue weighted by atomic mass is 32.2. The Bertz CT molecular complexity index is 1420. The number of hydrogen-bond acceptors (Lipinski definition) is 6. The fraction of sp³-hybridized carbons (Fsp3) is 0.292. The number of rotatable bonds is 8. The summed E-state index contributed by atoms with van der Waals surface area (Å²) in [5.74, 6) is -0.470. The predicted molar refractivity (Wildman–Crippen MR) is 132 cm³/mol. The van der Waals surface area contributed by atoms with Gasteiger partial charge in [0, 0.05) is 26.7 Å². The van der Waals surface area contributed by atoms with E-state index in [1.54, 1.807) is 24.3 Å². The molecule has 3 aromatic carbocycles. The lowest BCUT2D eigenvalue weighted by Gasteiger charge is -2.26. The number of morpholine rings is 1. The number of carbonyl (C=O) groups excluding carboxylic acids is 1. The minimum Gasteiger partial charge on any atom is -0.379 e. The molecular weight excluding hydrogens is 490 g/mol. The number of carbonyl (C=O) groups is 1. The maximum absolute atomic E-state index is 12.9. The van der Waals surface area contributed by atoms with Crippen molar-refractivity contribution in [3.8, 4) is 0 Å². The van der Waals surface area contributed by atoms with Crippen LogP contribution in [0.4, 0.5) is 0 Å². The predicted octanol–water partition coefficient (Wildman–Crippen LogP) is 1.80. The third-order valence-electron chi connectivity index (χ3n) is 5.82. The summed E-state index contributed by atoms with van der Waals surface area (Å²) in [6.45, 7) is 1.16. The maximum atomic E-state index is 12.9. The molecule has 0 aromatic heterocycles. The van der Waals surface area contributed by atoms with Crippen LogP contribution in [0, 0.1) is 0 Å². The average molecular weight is 518 g/mol. The van der Waals surface area contributed by atoms with E-state index in [9.17, 15) is 21.6 Å². The van der Waals surface area contributed by atoms with Crippen LogP contribution in [0.15, 0.2) is 76.5 Å².